The molecule has 1 aliphatic heterocycles. The fraction of sp³-hybridized carbons (Fsp3) is 0.240. The van der Waals surface area contributed by atoms with Crippen LogP contribution in [0.15, 0.2) is 58.9 Å². The van der Waals surface area contributed by atoms with Gasteiger partial charge in [-0.15, -0.1) is 0 Å². The van der Waals surface area contributed by atoms with E-state index in [-0.39, 0.29) is 33.2 Å². The highest BCUT2D eigenvalue weighted by Crippen LogP contribution is 2.44. The standard InChI is InChI=1S/C25H23Cl2F2N3O6/c1-11-19(22(33)36-3)21(20(12(2)30-11)23(34)37-4)15-9-13(6-8-18(15)38-24(28)29)31-25(35)32-14-5-7-16(26)17(27)10-14/h5-10,21,24,30H,1-4H3,(H2,31,32,35). The predicted molar refractivity (Wildman–Crippen MR) is 137 cm³/mol. The predicted octanol–water partition coefficient (Wildman–Crippen LogP) is 5.82. The van der Waals surface area contributed by atoms with Crippen molar-refractivity contribution in [2.75, 3.05) is 24.9 Å². The van der Waals surface area contributed by atoms with Crippen molar-refractivity contribution >= 4 is 52.5 Å². The van der Waals surface area contributed by atoms with Gasteiger partial charge in [0.2, 0.25) is 0 Å². The molecule has 0 aliphatic carbocycles. The second-order valence-corrected chi connectivity index (χ2v) is 8.77. The number of alkyl halides is 2. The second-order valence-electron chi connectivity index (χ2n) is 7.96. The first-order chi connectivity index (χ1) is 18.0. The van der Waals surface area contributed by atoms with Crippen molar-refractivity contribution in [3.05, 3.63) is 74.5 Å². The van der Waals surface area contributed by atoms with E-state index in [1.807, 2.05) is 0 Å². The van der Waals surface area contributed by atoms with Gasteiger partial charge in [0.1, 0.15) is 5.75 Å². The highest BCUT2D eigenvalue weighted by molar-refractivity contribution is 6.42. The van der Waals surface area contributed by atoms with Gasteiger partial charge in [-0.25, -0.2) is 14.4 Å². The van der Waals surface area contributed by atoms with Crippen LogP contribution in [0.25, 0.3) is 0 Å². The zero-order valence-corrected chi connectivity index (χ0v) is 22.1. The van der Waals surface area contributed by atoms with Gasteiger partial charge in [-0.05, 0) is 50.2 Å². The lowest BCUT2D eigenvalue weighted by molar-refractivity contribution is -0.137. The third kappa shape index (κ3) is 6.35. The van der Waals surface area contributed by atoms with Crippen molar-refractivity contribution in [1.82, 2.24) is 5.32 Å². The van der Waals surface area contributed by atoms with Gasteiger partial charge in [0.25, 0.3) is 0 Å². The molecule has 0 radical (unpaired) electrons. The molecule has 2 aromatic rings. The summed E-state index contributed by atoms with van der Waals surface area (Å²) < 4.78 is 41.2. The van der Waals surface area contributed by atoms with Crippen LogP contribution in [0.5, 0.6) is 5.75 Å². The number of hydrogen-bond acceptors (Lipinski definition) is 7. The maximum Gasteiger partial charge on any atom is 0.387 e. The van der Waals surface area contributed by atoms with Crippen LogP contribution in [0.1, 0.15) is 25.3 Å². The van der Waals surface area contributed by atoms with Crippen LogP contribution < -0.4 is 20.7 Å². The molecule has 3 rings (SSSR count). The van der Waals surface area contributed by atoms with Crippen LogP contribution in [-0.2, 0) is 19.1 Å². The Balaban J connectivity index is 2.10. The summed E-state index contributed by atoms with van der Waals surface area (Å²) in [6, 6.07) is 7.59. The second kappa shape index (κ2) is 12.1. The molecule has 0 fully saturated rings. The van der Waals surface area contributed by atoms with Gasteiger partial charge in [0, 0.05) is 28.3 Å². The van der Waals surface area contributed by atoms with E-state index >= 15 is 0 Å². The monoisotopic (exact) mass is 569 g/mol. The van der Waals surface area contributed by atoms with Crippen LogP contribution in [-0.4, -0.2) is 38.8 Å². The van der Waals surface area contributed by atoms with E-state index < -0.39 is 30.5 Å². The minimum Gasteiger partial charge on any atom is -0.466 e. The number of dihydropyridines is 1. The quantitative estimate of drug-likeness (QED) is 0.360. The summed E-state index contributed by atoms with van der Waals surface area (Å²) in [4.78, 5) is 38.2. The first kappa shape index (κ1) is 28.7. The van der Waals surface area contributed by atoms with E-state index in [9.17, 15) is 23.2 Å². The Bertz CT molecular complexity index is 1310. The van der Waals surface area contributed by atoms with Crippen molar-refractivity contribution in [3.63, 3.8) is 0 Å². The molecule has 1 aliphatic rings. The van der Waals surface area contributed by atoms with Gasteiger partial charge in [0.05, 0.1) is 41.3 Å². The third-order valence-corrected chi connectivity index (χ3v) is 6.28. The van der Waals surface area contributed by atoms with E-state index in [1.165, 1.54) is 36.4 Å². The Morgan fingerprint density at radius 2 is 1.39 bits per heavy atom. The van der Waals surface area contributed by atoms with Crippen molar-refractivity contribution in [3.8, 4) is 5.75 Å². The zero-order chi connectivity index (χ0) is 28.1. The molecule has 1 heterocycles. The minimum atomic E-state index is -3.22. The van der Waals surface area contributed by atoms with E-state index in [4.69, 9.17) is 37.4 Å². The number of nitrogens with one attached hydrogen (secondary N) is 3. The molecule has 0 aromatic heterocycles. The molecular weight excluding hydrogens is 547 g/mol. The van der Waals surface area contributed by atoms with E-state index in [1.54, 1.807) is 13.8 Å². The first-order valence-electron chi connectivity index (χ1n) is 10.9. The number of benzene rings is 2. The van der Waals surface area contributed by atoms with Crippen LogP contribution in [0, 0.1) is 0 Å². The van der Waals surface area contributed by atoms with Crippen LogP contribution in [0.4, 0.5) is 25.0 Å². The van der Waals surface area contributed by atoms with Gasteiger partial charge in [0.15, 0.2) is 0 Å². The van der Waals surface area contributed by atoms with Crippen molar-refractivity contribution in [2.24, 2.45) is 0 Å². The fourth-order valence-corrected chi connectivity index (χ4v) is 4.29. The Kier molecular flexibility index (Phi) is 9.18. The zero-order valence-electron chi connectivity index (χ0n) is 20.6. The molecule has 202 valence electrons. The molecule has 0 saturated carbocycles. The minimum absolute atomic E-state index is 0.0152. The van der Waals surface area contributed by atoms with Gasteiger partial charge in [-0.2, -0.15) is 8.78 Å². The lowest BCUT2D eigenvalue weighted by Gasteiger charge is -2.31. The number of urea groups is 1. The summed E-state index contributed by atoms with van der Waals surface area (Å²) in [7, 11) is 2.29. The third-order valence-electron chi connectivity index (χ3n) is 5.54. The number of amides is 2. The maximum absolute atomic E-state index is 13.3. The van der Waals surface area contributed by atoms with Gasteiger partial charge < -0.3 is 30.2 Å². The molecule has 0 unspecified atom stereocenters. The largest absolute Gasteiger partial charge is 0.466 e. The molecule has 2 amide bonds. The Morgan fingerprint density at radius 1 is 0.868 bits per heavy atom. The van der Waals surface area contributed by atoms with E-state index in [2.05, 4.69) is 16.0 Å². The lowest BCUT2D eigenvalue weighted by Crippen LogP contribution is -2.32. The number of halogens is 4. The molecular formula is C25H23Cl2F2N3O6. The Hall–Kier alpha value is -3.83. The number of carbonyl (C=O) groups excluding carboxylic acids is 3. The van der Waals surface area contributed by atoms with Crippen molar-refractivity contribution < 1.29 is 37.4 Å². The summed E-state index contributed by atoms with van der Waals surface area (Å²) in [5.41, 5.74) is 1.05. The molecule has 38 heavy (non-hydrogen) atoms. The van der Waals surface area contributed by atoms with Crippen LogP contribution in [0.3, 0.4) is 0 Å². The molecule has 3 N–H and O–H groups in total. The summed E-state index contributed by atoms with van der Waals surface area (Å²) >= 11 is 11.9. The first-order valence-corrected chi connectivity index (χ1v) is 11.7. The highest BCUT2D eigenvalue weighted by Gasteiger charge is 2.39. The van der Waals surface area contributed by atoms with E-state index in [0.717, 1.165) is 14.2 Å². The summed E-state index contributed by atoms with van der Waals surface area (Å²) in [5.74, 6) is -3.18. The lowest BCUT2D eigenvalue weighted by atomic mass is 9.79. The number of rotatable bonds is 7. The van der Waals surface area contributed by atoms with Crippen LogP contribution in [0.2, 0.25) is 10.0 Å². The topological polar surface area (TPSA) is 115 Å². The maximum atomic E-state index is 13.3. The number of carbonyl (C=O) groups is 3. The normalized spacial score (nSPS) is 13.7. The smallest absolute Gasteiger partial charge is 0.387 e. The average molecular weight is 570 g/mol. The molecule has 2 aromatic carbocycles. The Morgan fingerprint density at radius 3 is 1.89 bits per heavy atom. The molecule has 13 heteroatoms. The van der Waals surface area contributed by atoms with Crippen LogP contribution >= 0.6 is 23.2 Å². The fourth-order valence-electron chi connectivity index (χ4n) is 3.99. The molecule has 0 spiro atoms. The highest BCUT2D eigenvalue weighted by atomic mass is 35.5. The van der Waals surface area contributed by atoms with Gasteiger partial charge in [-0.3, -0.25) is 0 Å². The molecule has 0 atom stereocenters. The number of esters is 2. The number of anilines is 2. The van der Waals surface area contributed by atoms with E-state index in [0.29, 0.717) is 22.1 Å². The average Bonchev–Trinajstić information content (AvgIpc) is 2.85. The Labute approximate surface area is 226 Å². The summed E-state index contributed by atoms with van der Waals surface area (Å²) in [6.45, 7) is -0.0837. The van der Waals surface area contributed by atoms with Crippen molar-refractivity contribution in [1.29, 1.82) is 0 Å². The SMILES string of the molecule is COC(=O)C1=C(C)NC(C)=C(C(=O)OC)C1c1cc(NC(=O)Nc2ccc(Cl)c(Cl)c2)ccc1OC(F)F. The molecule has 0 saturated heterocycles. The van der Waals surface area contributed by atoms with Crippen molar-refractivity contribution in [2.45, 2.75) is 26.4 Å². The number of allylic oxidation sites excluding steroid dienone is 2. The van der Waals surface area contributed by atoms with Gasteiger partial charge >= 0.3 is 24.6 Å². The summed E-state index contributed by atoms with van der Waals surface area (Å²) in [6.07, 6.45) is 0. The number of hydrogen-bond donors (Lipinski definition) is 3. The van der Waals surface area contributed by atoms with Gasteiger partial charge in [-0.1, -0.05) is 23.2 Å². The number of ether oxygens (including phenoxy) is 3. The molecule has 9 nitrogen and oxygen atoms in total. The number of methoxy groups -OCH3 is 2. The summed E-state index contributed by atoms with van der Waals surface area (Å²) in [5, 5.41) is 8.59. The molecule has 0 bridgehead atoms.